The molecule has 1 aromatic heterocycles. The molecule has 0 unspecified atom stereocenters. The van der Waals surface area contributed by atoms with Crippen LogP contribution in [0, 0.1) is 5.21 Å². The van der Waals surface area contributed by atoms with Crippen molar-refractivity contribution in [2.75, 3.05) is 23.3 Å². The number of para-hydroxylation sites is 2. The fourth-order valence-electron chi connectivity index (χ4n) is 2.60. The number of benzene rings is 1. The predicted molar refractivity (Wildman–Crippen MR) is 81.2 cm³/mol. The van der Waals surface area contributed by atoms with E-state index in [1.165, 1.54) is 25.1 Å². The minimum Gasteiger partial charge on any atom is -0.618 e. The van der Waals surface area contributed by atoms with Crippen LogP contribution in [0.4, 0.5) is 11.4 Å². The number of nitrogens with one attached hydrogen (secondary N) is 1. The third kappa shape index (κ3) is 2.81. The Hall–Kier alpha value is -2.56. The number of nitrogens with zero attached hydrogens (tertiary/aromatic N) is 2. The van der Waals surface area contributed by atoms with Gasteiger partial charge >= 0.3 is 5.91 Å². The number of anilines is 2. The first-order valence-electron chi connectivity index (χ1n) is 7.09. The molecule has 1 fully saturated rings. The van der Waals surface area contributed by atoms with Crippen molar-refractivity contribution in [1.29, 1.82) is 0 Å². The van der Waals surface area contributed by atoms with Crippen molar-refractivity contribution in [3.63, 3.8) is 0 Å². The first kappa shape index (κ1) is 13.4. The lowest BCUT2D eigenvalue weighted by molar-refractivity contribution is -0.607. The van der Waals surface area contributed by atoms with Crippen LogP contribution < -0.4 is 14.9 Å². The van der Waals surface area contributed by atoms with E-state index >= 15 is 0 Å². The summed E-state index contributed by atoms with van der Waals surface area (Å²) in [6.45, 7) is 2.00. The van der Waals surface area contributed by atoms with Crippen LogP contribution in [0.1, 0.15) is 23.3 Å². The number of aromatic nitrogens is 1. The van der Waals surface area contributed by atoms with Crippen LogP contribution >= 0.6 is 0 Å². The maximum atomic E-state index is 12.3. The number of amides is 1. The predicted octanol–water partition coefficient (Wildman–Crippen LogP) is 2.17. The highest BCUT2D eigenvalue weighted by Crippen LogP contribution is 2.28. The van der Waals surface area contributed by atoms with E-state index < -0.39 is 5.91 Å². The maximum Gasteiger partial charge on any atom is 0.321 e. The third-order valence-corrected chi connectivity index (χ3v) is 3.66. The van der Waals surface area contributed by atoms with Crippen LogP contribution in [0.2, 0.25) is 0 Å². The van der Waals surface area contributed by atoms with Gasteiger partial charge in [-0.1, -0.05) is 12.1 Å². The normalized spacial score (nSPS) is 14.2. The molecule has 0 radical (unpaired) electrons. The number of carbonyl (C=O) groups excluding carboxylic acids is 1. The van der Waals surface area contributed by atoms with Gasteiger partial charge in [-0.05, 0) is 31.0 Å². The summed E-state index contributed by atoms with van der Waals surface area (Å²) in [5.74, 6) is -0.391. The molecule has 0 aliphatic carbocycles. The monoisotopic (exact) mass is 283 g/mol. The van der Waals surface area contributed by atoms with Gasteiger partial charge in [0.1, 0.15) is 0 Å². The standard InChI is InChI=1S/C16H17N3O2/c20-16(15-9-3-4-12-19(15)21)17-13-7-1-2-8-14(13)18-10-5-6-11-18/h1-4,7-9,12H,5-6,10-11H2,(H,17,20). The zero-order chi connectivity index (χ0) is 14.7. The molecule has 0 spiro atoms. The zero-order valence-corrected chi connectivity index (χ0v) is 11.7. The minimum absolute atomic E-state index is 0.0914. The molecular weight excluding hydrogens is 266 g/mol. The highest BCUT2D eigenvalue weighted by atomic mass is 16.5. The molecule has 1 amide bonds. The fraction of sp³-hybridized carbons (Fsp3) is 0.250. The molecule has 2 heterocycles. The Morgan fingerprint density at radius 3 is 2.57 bits per heavy atom. The van der Waals surface area contributed by atoms with Gasteiger partial charge in [0.05, 0.1) is 11.4 Å². The number of hydrogen-bond acceptors (Lipinski definition) is 3. The minimum atomic E-state index is -0.391. The second kappa shape index (κ2) is 5.83. The highest BCUT2D eigenvalue weighted by molar-refractivity contribution is 6.03. The molecule has 1 aliphatic rings. The van der Waals surface area contributed by atoms with Crippen molar-refractivity contribution in [3.05, 3.63) is 59.6 Å². The molecule has 5 heteroatoms. The Morgan fingerprint density at radius 1 is 1.10 bits per heavy atom. The van der Waals surface area contributed by atoms with Crippen molar-refractivity contribution < 1.29 is 9.52 Å². The van der Waals surface area contributed by atoms with E-state index in [2.05, 4.69) is 10.2 Å². The van der Waals surface area contributed by atoms with Crippen molar-refractivity contribution in [2.24, 2.45) is 0 Å². The van der Waals surface area contributed by atoms with Gasteiger partial charge in [-0.3, -0.25) is 4.79 Å². The average Bonchev–Trinajstić information content (AvgIpc) is 3.02. The summed E-state index contributed by atoms with van der Waals surface area (Å²) in [5, 5.41) is 14.5. The van der Waals surface area contributed by atoms with Crippen LogP contribution in [0.3, 0.4) is 0 Å². The van der Waals surface area contributed by atoms with Crippen LogP contribution in [0.15, 0.2) is 48.7 Å². The number of pyridine rings is 1. The molecule has 3 rings (SSSR count). The summed E-state index contributed by atoms with van der Waals surface area (Å²) < 4.78 is 0.577. The first-order valence-corrected chi connectivity index (χ1v) is 7.09. The zero-order valence-electron chi connectivity index (χ0n) is 11.7. The van der Waals surface area contributed by atoms with Gasteiger partial charge in [0, 0.05) is 25.2 Å². The first-order chi connectivity index (χ1) is 10.3. The van der Waals surface area contributed by atoms with Gasteiger partial charge in [-0.2, -0.15) is 4.73 Å². The lowest BCUT2D eigenvalue weighted by atomic mass is 10.2. The molecule has 21 heavy (non-hydrogen) atoms. The Balaban J connectivity index is 1.85. The fourth-order valence-corrected chi connectivity index (χ4v) is 2.60. The highest BCUT2D eigenvalue weighted by Gasteiger charge is 2.19. The van der Waals surface area contributed by atoms with E-state index in [-0.39, 0.29) is 5.69 Å². The van der Waals surface area contributed by atoms with E-state index in [0.717, 1.165) is 24.5 Å². The number of carbonyl (C=O) groups is 1. The molecule has 5 nitrogen and oxygen atoms in total. The van der Waals surface area contributed by atoms with Crippen LogP contribution in [-0.4, -0.2) is 19.0 Å². The van der Waals surface area contributed by atoms with Gasteiger partial charge in [-0.15, -0.1) is 0 Å². The third-order valence-electron chi connectivity index (χ3n) is 3.66. The van der Waals surface area contributed by atoms with E-state index in [4.69, 9.17) is 0 Å². The molecule has 1 aromatic carbocycles. The summed E-state index contributed by atoms with van der Waals surface area (Å²) in [6, 6.07) is 12.5. The van der Waals surface area contributed by atoms with Crippen LogP contribution in [0.5, 0.6) is 0 Å². The average molecular weight is 283 g/mol. The molecule has 0 bridgehead atoms. The Kier molecular flexibility index (Phi) is 3.73. The van der Waals surface area contributed by atoms with Gasteiger partial charge in [0.15, 0.2) is 6.20 Å². The topological polar surface area (TPSA) is 59.3 Å². The van der Waals surface area contributed by atoms with E-state index in [0.29, 0.717) is 4.73 Å². The largest absolute Gasteiger partial charge is 0.618 e. The molecule has 1 aliphatic heterocycles. The Bertz CT molecular complexity index is 651. The maximum absolute atomic E-state index is 12.3. The molecular formula is C16H17N3O2. The van der Waals surface area contributed by atoms with Crippen LogP contribution in [-0.2, 0) is 0 Å². The summed E-state index contributed by atoms with van der Waals surface area (Å²) in [5.41, 5.74) is 1.85. The SMILES string of the molecule is O=C(Nc1ccccc1N1CCCC1)c1cccc[n+]1[O-]. The summed E-state index contributed by atoms with van der Waals surface area (Å²) in [6.07, 6.45) is 3.66. The Labute approximate surface area is 123 Å². The summed E-state index contributed by atoms with van der Waals surface area (Å²) >= 11 is 0. The van der Waals surface area contributed by atoms with Gasteiger partial charge in [0.2, 0.25) is 0 Å². The Morgan fingerprint density at radius 2 is 1.81 bits per heavy atom. The van der Waals surface area contributed by atoms with Crippen molar-refractivity contribution in [1.82, 2.24) is 0 Å². The van der Waals surface area contributed by atoms with E-state index in [9.17, 15) is 10.0 Å². The molecule has 0 atom stereocenters. The van der Waals surface area contributed by atoms with Gasteiger partial charge in [0.25, 0.3) is 5.69 Å². The van der Waals surface area contributed by atoms with Crippen LogP contribution in [0.25, 0.3) is 0 Å². The van der Waals surface area contributed by atoms with Crippen molar-refractivity contribution in [2.45, 2.75) is 12.8 Å². The van der Waals surface area contributed by atoms with E-state index in [1.54, 1.807) is 12.1 Å². The molecule has 1 saturated heterocycles. The second-order valence-electron chi connectivity index (χ2n) is 5.08. The van der Waals surface area contributed by atoms with Crippen molar-refractivity contribution in [3.8, 4) is 0 Å². The lowest BCUT2D eigenvalue weighted by Crippen LogP contribution is -2.36. The molecule has 1 N–H and O–H groups in total. The molecule has 2 aromatic rings. The summed E-state index contributed by atoms with van der Waals surface area (Å²) in [7, 11) is 0. The van der Waals surface area contributed by atoms with E-state index in [1.807, 2.05) is 24.3 Å². The molecule has 108 valence electrons. The lowest BCUT2D eigenvalue weighted by Gasteiger charge is -2.21. The molecule has 0 saturated carbocycles. The number of hydrogen-bond donors (Lipinski definition) is 1. The summed E-state index contributed by atoms with van der Waals surface area (Å²) in [4.78, 5) is 14.5. The second-order valence-corrected chi connectivity index (χ2v) is 5.08. The van der Waals surface area contributed by atoms with Crippen molar-refractivity contribution >= 4 is 17.3 Å². The van der Waals surface area contributed by atoms with Gasteiger partial charge < -0.3 is 15.4 Å². The number of rotatable bonds is 3. The van der Waals surface area contributed by atoms with Gasteiger partial charge in [-0.25, -0.2) is 0 Å². The smallest absolute Gasteiger partial charge is 0.321 e. The quantitative estimate of drug-likeness (QED) is 0.693.